The summed E-state index contributed by atoms with van der Waals surface area (Å²) in [7, 11) is 0. The van der Waals surface area contributed by atoms with Crippen molar-refractivity contribution in [3.8, 4) is 0 Å². The molecule has 0 saturated carbocycles. The molecule has 74 valence electrons. The van der Waals surface area contributed by atoms with Crippen LogP contribution in [0.25, 0.3) is 0 Å². The summed E-state index contributed by atoms with van der Waals surface area (Å²) in [5, 5.41) is 9.23. The van der Waals surface area contributed by atoms with Crippen LogP contribution in [0.15, 0.2) is 24.3 Å². The van der Waals surface area contributed by atoms with Gasteiger partial charge in [0.25, 0.3) is 0 Å². The van der Waals surface area contributed by atoms with Crippen LogP contribution in [-0.4, -0.2) is 17.5 Å². The molecule has 0 aliphatic heterocycles. The van der Waals surface area contributed by atoms with Crippen LogP contribution in [0.4, 0.5) is 0 Å². The fourth-order valence-electron chi connectivity index (χ4n) is 1.96. The summed E-state index contributed by atoms with van der Waals surface area (Å²) in [6, 6.07) is 7.67. The van der Waals surface area contributed by atoms with Crippen LogP contribution in [0.5, 0.6) is 0 Å². The number of Topliss-reactive ketones (excluding diaryl/α,β-unsaturated/α-hetero) is 1. The van der Waals surface area contributed by atoms with E-state index in [9.17, 15) is 9.90 Å². The van der Waals surface area contributed by atoms with Gasteiger partial charge >= 0.3 is 0 Å². The van der Waals surface area contributed by atoms with Crippen LogP contribution in [0.1, 0.15) is 29.3 Å². The minimum atomic E-state index is -0.561. The predicted octanol–water partition coefficient (Wildman–Crippen LogP) is 1.81. The van der Waals surface area contributed by atoms with Gasteiger partial charge in [-0.05, 0) is 18.4 Å². The van der Waals surface area contributed by atoms with Gasteiger partial charge in [0.1, 0.15) is 0 Å². The number of aliphatic hydroxyl groups excluding tert-OH is 1. The summed E-state index contributed by atoms with van der Waals surface area (Å²) in [6.45, 7) is 1.78. The third-order valence-corrected chi connectivity index (χ3v) is 3.11. The Balaban J connectivity index is 2.46. The summed E-state index contributed by atoms with van der Waals surface area (Å²) in [4.78, 5) is 12.0. The Bertz CT molecular complexity index is 370. The second-order valence-electron chi connectivity index (χ2n) is 4.21. The number of ketones is 1. The molecule has 1 N–H and O–H groups in total. The minimum absolute atomic E-state index is 0.0554. The number of aryl methyl sites for hydroxylation is 1. The van der Waals surface area contributed by atoms with Crippen molar-refractivity contribution < 1.29 is 9.90 Å². The van der Waals surface area contributed by atoms with Gasteiger partial charge in [-0.25, -0.2) is 0 Å². The fourth-order valence-corrected chi connectivity index (χ4v) is 1.96. The molecule has 14 heavy (non-hydrogen) atoms. The lowest BCUT2D eigenvalue weighted by molar-refractivity contribution is 0.0641. The van der Waals surface area contributed by atoms with Crippen molar-refractivity contribution in [2.24, 2.45) is 5.41 Å². The molecule has 0 bridgehead atoms. The van der Waals surface area contributed by atoms with Crippen molar-refractivity contribution in [3.63, 3.8) is 0 Å². The molecule has 0 aromatic heterocycles. The highest BCUT2D eigenvalue weighted by Crippen LogP contribution is 2.34. The lowest BCUT2D eigenvalue weighted by Gasteiger charge is -2.31. The summed E-state index contributed by atoms with van der Waals surface area (Å²) in [5.74, 6) is 0.0850. The summed E-state index contributed by atoms with van der Waals surface area (Å²) in [5.41, 5.74) is 1.34. The van der Waals surface area contributed by atoms with Crippen LogP contribution < -0.4 is 0 Å². The van der Waals surface area contributed by atoms with Gasteiger partial charge in [0.15, 0.2) is 5.78 Å². The number of hydrogen-bond acceptors (Lipinski definition) is 2. The Labute approximate surface area is 83.6 Å². The van der Waals surface area contributed by atoms with Crippen molar-refractivity contribution in [1.82, 2.24) is 0 Å². The second-order valence-corrected chi connectivity index (χ2v) is 4.21. The van der Waals surface area contributed by atoms with E-state index in [1.165, 1.54) is 0 Å². The van der Waals surface area contributed by atoms with E-state index < -0.39 is 5.41 Å². The monoisotopic (exact) mass is 190 g/mol. The number of rotatable bonds is 1. The molecule has 1 aliphatic carbocycles. The van der Waals surface area contributed by atoms with Crippen LogP contribution in [-0.2, 0) is 6.42 Å². The Hall–Kier alpha value is -1.15. The van der Waals surface area contributed by atoms with Gasteiger partial charge in [-0.15, -0.1) is 0 Å². The highest BCUT2D eigenvalue weighted by Gasteiger charge is 2.37. The first kappa shape index (κ1) is 9.41. The average Bonchev–Trinajstić information content (AvgIpc) is 2.24. The lowest BCUT2D eigenvalue weighted by atomic mass is 9.72. The maximum atomic E-state index is 12.0. The van der Waals surface area contributed by atoms with E-state index in [1.807, 2.05) is 31.2 Å². The van der Waals surface area contributed by atoms with Crippen LogP contribution in [0, 0.1) is 5.41 Å². The third-order valence-electron chi connectivity index (χ3n) is 3.11. The summed E-state index contributed by atoms with van der Waals surface area (Å²) >= 11 is 0. The number of hydrogen-bond donors (Lipinski definition) is 1. The molecule has 0 spiro atoms. The Morgan fingerprint density at radius 2 is 2.14 bits per heavy atom. The number of fused-ring (bicyclic) bond motifs is 1. The molecule has 0 amide bonds. The maximum Gasteiger partial charge on any atom is 0.171 e. The Morgan fingerprint density at radius 1 is 1.43 bits per heavy atom. The predicted molar refractivity (Wildman–Crippen MR) is 54.3 cm³/mol. The molecule has 0 fully saturated rings. The zero-order valence-corrected chi connectivity index (χ0v) is 8.29. The van der Waals surface area contributed by atoms with E-state index >= 15 is 0 Å². The largest absolute Gasteiger partial charge is 0.395 e. The molecule has 0 unspecified atom stereocenters. The zero-order chi connectivity index (χ0) is 10.2. The fraction of sp³-hybridized carbons (Fsp3) is 0.417. The average molecular weight is 190 g/mol. The molecule has 0 saturated heterocycles. The van der Waals surface area contributed by atoms with Crippen LogP contribution in [0.3, 0.4) is 0 Å². The van der Waals surface area contributed by atoms with Crippen molar-refractivity contribution in [2.75, 3.05) is 6.61 Å². The van der Waals surface area contributed by atoms with E-state index in [0.717, 1.165) is 24.0 Å². The van der Waals surface area contributed by atoms with Crippen molar-refractivity contribution in [2.45, 2.75) is 19.8 Å². The number of aliphatic hydroxyl groups is 1. The van der Waals surface area contributed by atoms with Gasteiger partial charge in [-0.2, -0.15) is 0 Å². The summed E-state index contributed by atoms with van der Waals surface area (Å²) < 4.78 is 0. The smallest absolute Gasteiger partial charge is 0.171 e. The van der Waals surface area contributed by atoms with Crippen molar-refractivity contribution in [3.05, 3.63) is 35.4 Å². The van der Waals surface area contributed by atoms with Gasteiger partial charge in [-0.1, -0.05) is 31.2 Å². The highest BCUT2D eigenvalue weighted by molar-refractivity contribution is 6.02. The van der Waals surface area contributed by atoms with Gasteiger partial charge in [-0.3, -0.25) is 4.79 Å². The topological polar surface area (TPSA) is 37.3 Å². The van der Waals surface area contributed by atoms with Gasteiger partial charge < -0.3 is 5.11 Å². The second kappa shape index (κ2) is 3.21. The third kappa shape index (κ3) is 1.26. The van der Waals surface area contributed by atoms with Crippen LogP contribution >= 0.6 is 0 Å². The molecule has 1 aromatic carbocycles. The quantitative estimate of drug-likeness (QED) is 0.733. The van der Waals surface area contributed by atoms with E-state index in [1.54, 1.807) is 0 Å². The normalized spacial score (nSPS) is 26.0. The zero-order valence-electron chi connectivity index (χ0n) is 8.29. The van der Waals surface area contributed by atoms with Gasteiger partial charge in [0, 0.05) is 5.56 Å². The van der Waals surface area contributed by atoms with Crippen LogP contribution in [0.2, 0.25) is 0 Å². The Morgan fingerprint density at radius 3 is 2.86 bits per heavy atom. The molecule has 1 atom stereocenters. The molecule has 2 nitrogen and oxygen atoms in total. The van der Waals surface area contributed by atoms with E-state index in [0.29, 0.717) is 0 Å². The Kier molecular flexibility index (Phi) is 2.16. The standard InChI is InChI=1S/C12H14O2/c1-12(8-13)7-6-9-4-2-3-5-10(9)11(12)14/h2-5,13H,6-8H2,1H3/t12-/m0/s1. The molecule has 0 radical (unpaired) electrons. The van der Waals surface area contributed by atoms with E-state index in [4.69, 9.17) is 0 Å². The van der Waals surface area contributed by atoms with E-state index in [2.05, 4.69) is 0 Å². The maximum absolute atomic E-state index is 12.0. The molecule has 2 rings (SSSR count). The van der Waals surface area contributed by atoms with Crippen molar-refractivity contribution >= 4 is 5.78 Å². The number of carbonyl (C=O) groups excluding carboxylic acids is 1. The van der Waals surface area contributed by atoms with Gasteiger partial charge in [0.2, 0.25) is 0 Å². The first-order valence-electron chi connectivity index (χ1n) is 4.91. The summed E-state index contributed by atoms with van der Waals surface area (Å²) in [6.07, 6.45) is 1.64. The van der Waals surface area contributed by atoms with Gasteiger partial charge in [0.05, 0.1) is 12.0 Å². The number of carbonyl (C=O) groups is 1. The molecule has 1 aromatic rings. The van der Waals surface area contributed by atoms with E-state index in [-0.39, 0.29) is 12.4 Å². The lowest BCUT2D eigenvalue weighted by Crippen LogP contribution is -2.36. The number of benzene rings is 1. The molecule has 0 heterocycles. The molecular weight excluding hydrogens is 176 g/mol. The molecular formula is C12H14O2. The molecule has 2 heteroatoms. The minimum Gasteiger partial charge on any atom is -0.395 e. The first-order valence-corrected chi connectivity index (χ1v) is 4.91. The SMILES string of the molecule is C[C@@]1(CO)CCc2ccccc2C1=O. The highest BCUT2D eigenvalue weighted by atomic mass is 16.3. The van der Waals surface area contributed by atoms with Crippen molar-refractivity contribution in [1.29, 1.82) is 0 Å². The first-order chi connectivity index (χ1) is 6.67. The molecule has 1 aliphatic rings.